The van der Waals surface area contributed by atoms with E-state index in [9.17, 15) is 14.4 Å². The predicted molar refractivity (Wildman–Crippen MR) is 85.6 cm³/mol. The van der Waals surface area contributed by atoms with Gasteiger partial charge in [-0.2, -0.15) is 0 Å². The molecule has 7 nitrogen and oxygen atoms in total. The molecule has 23 heavy (non-hydrogen) atoms. The fourth-order valence-corrected chi connectivity index (χ4v) is 1.73. The molecule has 1 aromatic carbocycles. The van der Waals surface area contributed by atoms with Crippen molar-refractivity contribution in [1.82, 2.24) is 5.32 Å². The first-order chi connectivity index (χ1) is 11.0. The van der Waals surface area contributed by atoms with Crippen LogP contribution in [0.4, 0.5) is 5.69 Å². The summed E-state index contributed by atoms with van der Waals surface area (Å²) in [5.41, 5.74) is 6.48. The Labute approximate surface area is 134 Å². The number of carbonyl (C=O) groups excluding carboxylic acids is 3. The summed E-state index contributed by atoms with van der Waals surface area (Å²) in [6.07, 6.45) is 0.127. The lowest BCUT2D eigenvalue weighted by Gasteiger charge is -2.09. The molecule has 0 spiro atoms. The van der Waals surface area contributed by atoms with Gasteiger partial charge in [-0.1, -0.05) is 11.8 Å². The number of hydrogen-bond acceptors (Lipinski definition) is 5. The Morgan fingerprint density at radius 3 is 2.65 bits per heavy atom. The van der Waals surface area contributed by atoms with Gasteiger partial charge in [-0.15, -0.1) is 0 Å². The van der Waals surface area contributed by atoms with Crippen molar-refractivity contribution in [1.29, 1.82) is 0 Å². The number of nitrogens with one attached hydrogen (secondary N) is 2. The van der Waals surface area contributed by atoms with Crippen LogP contribution in [0.15, 0.2) is 18.2 Å². The quantitative estimate of drug-likeness (QED) is 0.532. The molecule has 2 amide bonds. The number of amides is 2. The number of nitrogens with two attached hydrogens (primary N) is 1. The molecule has 7 heteroatoms. The lowest BCUT2D eigenvalue weighted by molar-refractivity contribution is -0.119. The SMILES string of the molecule is COC(=O)c1cc(NC(=O)CCNC(C)=O)ccc1C#CCN. The molecule has 0 fully saturated rings. The van der Waals surface area contributed by atoms with E-state index in [1.807, 2.05) is 0 Å². The number of esters is 1. The van der Waals surface area contributed by atoms with Crippen LogP contribution in [0.3, 0.4) is 0 Å². The second kappa shape index (κ2) is 9.23. The standard InChI is InChI=1S/C16H19N3O4/c1-11(20)18-9-7-15(21)19-13-6-5-12(4-3-8-17)14(10-13)16(22)23-2/h5-6,10H,7-9,17H2,1-2H3,(H,18,20)(H,19,21). The molecule has 1 rings (SSSR count). The average Bonchev–Trinajstić information content (AvgIpc) is 2.52. The van der Waals surface area contributed by atoms with Crippen molar-refractivity contribution in [3.63, 3.8) is 0 Å². The van der Waals surface area contributed by atoms with Crippen LogP contribution in [0.25, 0.3) is 0 Å². The highest BCUT2D eigenvalue weighted by Gasteiger charge is 2.12. The topological polar surface area (TPSA) is 111 Å². The molecular weight excluding hydrogens is 298 g/mol. The molecule has 0 saturated carbocycles. The highest BCUT2D eigenvalue weighted by Crippen LogP contribution is 2.16. The Hall–Kier alpha value is -2.85. The van der Waals surface area contributed by atoms with Crippen LogP contribution >= 0.6 is 0 Å². The average molecular weight is 317 g/mol. The van der Waals surface area contributed by atoms with E-state index >= 15 is 0 Å². The molecule has 0 saturated heterocycles. The van der Waals surface area contributed by atoms with Gasteiger partial charge in [0.05, 0.1) is 19.2 Å². The van der Waals surface area contributed by atoms with Crippen LogP contribution in [-0.4, -0.2) is 38.0 Å². The van der Waals surface area contributed by atoms with Crippen molar-refractivity contribution in [3.05, 3.63) is 29.3 Å². The molecule has 0 radical (unpaired) electrons. The van der Waals surface area contributed by atoms with E-state index < -0.39 is 5.97 Å². The third-order valence-electron chi connectivity index (χ3n) is 2.76. The normalized spacial score (nSPS) is 9.35. The lowest BCUT2D eigenvalue weighted by atomic mass is 10.1. The smallest absolute Gasteiger partial charge is 0.339 e. The van der Waals surface area contributed by atoms with Crippen molar-refractivity contribution >= 4 is 23.5 Å². The fraction of sp³-hybridized carbons (Fsp3) is 0.312. The Morgan fingerprint density at radius 2 is 2.04 bits per heavy atom. The van der Waals surface area contributed by atoms with E-state index in [0.29, 0.717) is 11.3 Å². The first kappa shape index (κ1) is 18.2. The number of anilines is 1. The van der Waals surface area contributed by atoms with E-state index in [4.69, 9.17) is 10.5 Å². The molecule has 0 unspecified atom stereocenters. The van der Waals surface area contributed by atoms with Gasteiger partial charge in [0.15, 0.2) is 0 Å². The number of hydrogen-bond donors (Lipinski definition) is 3. The summed E-state index contributed by atoms with van der Waals surface area (Å²) in [7, 11) is 1.27. The number of ether oxygens (including phenoxy) is 1. The van der Waals surface area contributed by atoms with Crippen LogP contribution in [0.1, 0.15) is 29.3 Å². The summed E-state index contributed by atoms with van der Waals surface area (Å²) >= 11 is 0. The van der Waals surface area contributed by atoms with Gasteiger partial charge in [0, 0.05) is 31.1 Å². The van der Waals surface area contributed by atoms with Crippen molar-refractivity contribution in [2.45, 2.75) is 13.3 Å². The van der Waals surface area contributed by atoms with Gasteiger partial charge in [0.1, 0.15) is 0 Å². The first-order valence-corrected chi connectivity index (χ1v) is 6.93. The van der Waals surface area contributed by atoms with Crippen LogP contribution in [0, 0.1) is 11.8 Å². The molecule has 0 bridgehead atoms. The highest BCUT2D eigenvalue weighted by atomic mass is 16.5. The van der Waals surface area contributed by atoms with Crippen molar-refractivity contribution in [2.24, 2.45) is 5.73 Å². The fourth-order valence-electron chi connectivity index (χ4n) is 1.73. The summed E-state index contributed by atoms with van der Waals surface area (Å²) in [5, 5.41) is 5.18. The summed E-state index contributed by atoms with van der Waals surface area (Å²) in [5.74, 6) is 4.41. The molecule has 122 valence electrons. The summed E-state index contributed by atoms with van der Waals surface area (Å²) < 4.78 is 4.71. The van der Waals surface area contributed by atoms with E-state index in [1.165, 1.54) is 20.1 Å². The molecule has 1 aromatic rings. The molecule has 0 atom stereocenters. The zero-order valence-corrected chi connectivity index (χ0v) is 13.1. The largest absolute Gasteiger partial charge is 0.465 e. The zero-order valence-electron chi connectivity index (χ0n) is 13.1. The van der Waals surface area contributed by atoms with E-state index in [0.717, 1.165) is 0 Å². The molecule has 0 heterocycles. The van der Waals surface area contributed by atoms with E-state index in [1.54, 1.807) is 12.1 Å². The molecule has 0 aliphatic heterocycles. The Kier molecular flexibility index (Phi) is 7.30. The maximum atomic E-state index is 11.8. The first-order valence-electron chi connectivity index (χ1n) is 6.93. The molecule has 0 aromatic heterocycles. The monoisotopic (exact) mass is 317 g/mol. The third kappa shape index (κ3) is 6.20. The van der Waals surface area contributed by atoms with Crippen molar-refractivity contribution in [2.75, 3.05) is 25.5 Å². The lowest BCUT2D eigenvalue weighted by Crippen LogP contribution is -2.25. The van der Waals surface area contributed by atoms with E-state index in [2.05, 4.69) is 22.5 Å². The second-order valence-corrected chi connectivity index (χ2v) is 4.54. The molecule has 4 N–H and O–H groups in total. The van der Waals surface area contributed by atoms with Gasteiger partial charge >= 0.3 is 5.97 Å². The summed E-state index contributed by atoms with van der Waals surface area (Å²) in [6.45, 7) is 1.79. The van der Waals surface area contributed by atoms with Crippen molar-refractivity contribution in [3.8, 4) is 11.8 Å². The van der Waals surface area contributed by atoms with Gasteiger partial charge in [0.25, 0.3) is 0 Å². The molecule has 0 aliphatic rings. The minimum Gasteiger partial charge on any atom is -0.465 e. The Morgan fingerprint density at radius 1 is 1.30 bits per heavy atom. The number of rotatable bonds is 5. The molecular formula is C16H19N3O4. The van der Waals surface area contributed by atoms with Gasteiger partial charge < -0.3 is 21.1 Å². The third-order valence-corrected chi connectivity index (χ3v) is 2.76. The predicted octanol–water partition coefficient (Wildman–Crippen LogP) is 0.248. The number of methoxy groups -OCH3 is 1. The van der Waals surface area contributed by atoms with Crippen molar-refractivity contribution < 1.29 is 19.1 Å². The highest BCUT2D eigenvalue weighted by molar-refractivity contribution is 5.96. The van der Waals surface area contributed by atoms with Crippen LogP contribution in [-0.2, 0) is 14.3 Å². The van der Waals surface area contributed by atoms with Gasteiger partial charge in [-0.05, 0) is 18.2 Å². The number of benzene rings is 1. The van der Waals surface area contributed by atoms with Crippen LogP contribution in [0.5, 0.6) is 0 Å². The molecule has 0 aliphatic carbocycles. The maximum absolute atomic E-state index is 11.8. The van der Waals surface area contributed by atoms with E-state index in [-0.39, 0.29) is 36.9 Å². The number of carbonyl (C=O) groups is 3. The minimum absolute atomic E-state index is 0.127. The van der Waals surface area contributed by atoms with Crippen LogP contribution < -0.4 is 16.4 Å². The minimum atomic E-state index is -0.555. The zero-order chi connectivity index (χ0) is 17.2. The van der Waals surface area contributed by atoms with Crippen LogP contribution in [0.2, 0.25) is 0 Å². The van der Waals surface area contributed by atoms with Gasteiger partial charge in [-0.25, -0.2) is 4.79 Å². The maximum Gasteiger partial charge on any atom is 0.339 e. The second-order valence-electron chi connectivity index (χ2n) is 4.54. The van der Waals surface area contributed by atoms with Gasteiger partial charge in [-0.3, -0.25) is 9.59 Å². The summed E-state index contributed by atoms with van der Waals surface area (Å²) in [4.78, 5) is 34.3. The Bertz CT molecular complexity index is 659. The van der Waals surface area contributed by atoms with Gasteiger partial charge in [0.2, 0.25) is 11.8 Å². The Balaban J connectivity index is 2.86. The summed E-state index contributed by atoms with van der Waals surface area (Å²) in [6, 6.07) is 4.73.